The molecule has 0 N–H and O–H groups in total. The van der Waals surface area contributed by atoms with Crippen molar-refractivity contribution in [1.29, 1.82) is 0 Å². The van der Waals surface area contributed by atoms with Gasteiger partial charge in [-0.15, -0.1) is 0 Å². The fourth-order valence-electron chi connectivity index (χ4n) is 6.09. The highest BCUT2D eigenvalue weighted by atomic mass is 16.5. The smallest absolute Gasteiger partial charge is 0.227 e. The summed E-state index contributed by atoms with van der Waals surface area (Å²) in [6, 6.07) is 16.7. The van der Waals surface area contributed by atoms with Crippen LogP contribution in [0, 0.1) is 5.92 Å². The number of carbonyl (C=O) groups excluding carboxylic acids is 2. The lowest BCUT2D eigenvalue weighted by Gasteiger charge is -2.44. The molecule has 2 amide bonds. The summed E-state index contributed by atoms with van der Waals surface area (Å²) in [6.07, 6.45) is 6.29. The van der Waals surface area contributed by atoms with E-state index in [9.17, 15) is 9.59 Å². The van der Waals surface area contributed by atoms with Gasteiger partial charge in [0.05, 0.1) is 13.5 Å². The van der Waals surface area contributed by atoms with Crippen LogP contribution in [0.4, 0.5) is 5.69 Å². The molecule has 0 aliphatic carbocycles. The lowest BCUT2D eigenvalue weighted by Crippen LogP contribution is -2.53. The Balaban J connectivity index is 1.72. The molecule has 0 saturated carbocycles. The number of benzene rings is 2. The van der Waals surface area contributed by atoms with Crippen LogP contribution in [0.25, 0.3) is 0 Å². The number of hydrogen-bond donors (Lipinski definition) is 0. The normalized spacial score (nSPS) is 20.6. The molecule has 206 valence electrons. The minimum Gasteiger partial charge on any atom is -0.496 e. The molecule has 2 bridgehead atoms. The van der Waals surface area contributed by atoms with E-state index in [0.29, 0.717) is 50.5 Å². The van der Waals surface area contributed by atoms with Crippen LogP contribution in [-0.4, -0.2) is 60.4 Å². The topological polar surface area (TPSA) is 53.1 Å². The van der Waals surface area contributed by atoms with Crippen molar-refractivity contribution in [1.82, 2.24) is 9.80 Å². The number of piperidine rings is 1. The summed E-state index contributed by atoms with van der Waals surface area (Å²) >= 11 is 0. The Bertz CT molecular complexity index is 1090. The number of rotatable bonds is 7. The highest BCUT2D eigenvalue weighted by Gasteiger charge is 2.34. The zero-order valence-corrected chi connectivity index (χ0v) is 23.7. The van der Waals surface area contributed by atoms with Crippen molar-refractivity contribution in [3.8, 4) is 5.75 Å². The molecule has 38 heavy (non-hydrogen) atoms. The van der Waals surface area contributed by atoms with Gasteiger partial charge in [0.15, 0.2) is 0 Å². The summed E-state index contributed by atoms with van der Waals surface area (Å²) in [4.78, 5) is 33.9. The minimum absolute atomic E-state index is 0.0999. The lowest BCUT2D eigenvalue weighted by atomic mass is 9.92. The number of anilines is 1. The molecular formula is C32H45N3O3. The number of nitrogens with zero attached hydrogens (tertiary/aromatic N) is 3. The van der Waals surface area contributed by atoms with E-state index in [4.69, 9.17) is 4.74 Å². The first-order valence-corrected chi connectivity index (χ1v) is 14.4. The van der Waals surface area contributed by atoms with E-state index in [1.54, 1.807) is 7.11 Å². The van der Waals surface area contributed by atoms with Crippen molar-refractivity contribution in [2.24, 2.45) is 5.92 Å². The number of amides is 2. The Hall–Kier alpha value is -2.86. The zero-order chi connectivity index (χ0) is 27.1. The lowest BCUT2D eigenvalue weighted by molar-refractivity contribution is -0.132. The summed E-state index contributed by atoms with van der Waals surface area (Å²) in [5.74, 6) is 1.61. The maximum absolute atomic E-state index is 14.0. The first kappa shape index (κ1) is 28.2. The monoisotopic (exact) mass is 519 g/mol. The van der Waals surface area contributed by atoms with Gasteiger partial charge in [-0.05, 0) is 55.8 Å². The number of methoxy groups -OCH3 is 1. The third kappa shape index (κ3) is 6.76. The van der Waals surface area contributed by atoms with Crippen LogP contribution in [0.2, 0.25) is 0 Å². The van der Waals surface area contributed by atoms with E-state index in [0.717, 1.165) is 61.2 Å². The van der Waals surface area contributed by atoms with Gasteiger partial charge >= 0.3 is 0 Å². The van der Waals surface area contributed by atoms with Gasteiger partial charge in [-0.2, -0.15) is 0 Å². The van der Waals surface area contributed by atoms with Crippen molar-refractivity contribution in [2.45, 2.75) is 84.3 Å². The molecule has 2 aromatic rings. The Morgan fingerprint density at radius 3 is 2.47 bits per heavy atom. The average Bonchev–Trinajstić information content (AvgIpc) is 2.93. The quantitative estimate of drug-likeness (QED) is 0.472. The van der Waals surface area contributed by atoms with Crippen LogP contribution in [0.15, 0.2) is 48.5 Å². The predicted octanol–water partition coefficient (Wildman–Crippen LogP) is 5.68. The number of para-hydroxylation sites is 2. The summed E-state index contributed by atoms with van der Waals surface area (Å²) < 4.78 is 5.55. The molecule has 2 aliphatic rings. The molecule has 1 fully saturated rings. The third-order valence-corrected chi connectivity index (χ3v) is 8.23. The molecule has 6 heteroatoms. The molecule has 2 unspecified atom stereocenters. The number of hydrogen-bond acceptors (Lipinski definition) is 4. The first-order valence-electron chi connectivity index (χ1n) is 14.4. The summed E-state index contributed by atoms with van der Waals surface area (Å²) in [7, 11) is 1.65. The second kappa shape index (κ2) is 13.3. The Labute approximate surface area is 228 Å². The van der Waals surface area contributed by atoms with Crippen molar-refractivity contribution in [2.75, 3.05) is 31.6 Å². The SMILES string of the molecule is CCC(=O)N1CCC2CCCC(CN(C(=O)Cc3ccccc3OC)Cc3ccccc31)N2CCC(C)C. The molecule has 1 saturated heterocycles. The molecular weight excluding hydrogens is 474 g/mol. The Morgan fingerprint density at radius 1 is 0.974 bits per heavy atom. The second-order valence-electron chi connectivity index (χ2n) is 11.2. The Morgan fingerprint density at radius 2 is 1.71 bits per heavy atom. The van der Waals surface area contributed by atoms with Gasteiger partial charge in [0.2, 0.25) is 11.8 Å². The highest BCUT2D eigenvalue weighted by molar-refractivity contribution is 5.94. The van der Waals surface area contributed by atoms with Gasteiger partial charge in [0.1, 0.15) is 5.75 Å². The van der Waals surface area contributed by atoms with E-state index >= 15 is 0 Å². The molecule has 0 radical (unpaired) electrons. The van der Waals surface area contributed by atoms with Crippen molar-refractivity contribution in [3.05, 3.63) is 59.7 Å². The maximum atomic E-state index is 14.0. The predicted molar refractivity (Wildman–Crippen MR) is 153 cm³/mol. The highest BCUT2D eigenvalue weighted by Crippen LogP contribution is 2.31. The fraction of sp³-hybridized carbons (Fsp3) is 0.562. The molecule has 2 atom stereocenters. The molecule has 6 nitrogen and oxygen atoms in total. The van der Waals surface area contributed by atoms with Crippen molar-refractivity contribution < 1.29 is 14.3 Å². The van der Waals surface area contributed by atoms with Crippen LogP contribution >= 0.6 is 0 Å². The summed E-state index contributed by atoms with van der Waals surface area (Å²) in [5.41, 5.74) is 2.89. The van der Waals surface area contributed by atoms with E-state index in [1.807, 2.05) is 59.2 Å². The van der Waals surface area contributed by atoms with Crippen LogP contribution in [0.3, 0.4) is 0 Å². The van der Waals surface area contributed by atoms with Gasteiger partial charge in [0.25, 0.3) is 0 Å². The largest absolute Gasteiger partial charge is 0.496 e. The van der Waals surface area contributed by atoms with Crippen LogP contribution in [0.5, 0.6) is 5.75 Å². The molecule has 2 heterocycles. The maximum Gasteiger partial charge on any atom is 0.227 e. The van der Waals surface area contributed by atoms with E-state index < -0.39 is 0 Å². The first-order chi connectivity index (χ1) is 18.4. The van der Waals surface area contributed by atoms with Gasteiger partial charge in [0, 0.05) is 49.4 Å². The molecule has 0 spiro atoms. The molecule has 2 aliphatic heterocycles. The summed E-state index contributed by atoms with van der Waals surface area (Å²) in [6.45, 7) is 9.46. The van der Waals surface area contributed by atoms with Crippen molar-refractivity contribution in [3.63, 3.8) is 0 Å². The van der Waals surface area contributed by atoms with E-state index in [-0.39, 0.29) is 11.8 Å². The van der Waals surface area contributed by atoms with Crippen LogP contribution < -0.4 is 9.64 Å². The third-order valence-electron chi connectivity index (χ3n) is 8.23. The molecule has 4 rings (SSSR count). The van der Waals surface area contributed by atoms with Crippen LogP contribution in [0.1, 0.15) is 70.4 Å². The van der Waals surface area contributed by atoms with Gasteiger partial charge in [-0.1, -0.05) is 63.6 Å². The van der Waals surface area contributed by atoms with Gasteiger partial charge in [-0.25, -0.2) is 0 Å². The van der Waals surface area contributed by atoms with E-state index in [2.05, 4.69) is 24.8 Å². The minimum atomic E-state index is 0.0999. The Kier molecular flexibility index (Phi) is 9.84. The van der Waals surface area contributed by atoms with E-state index in [1.165, 1.54) is 0 Å². The number of fused-ring (bicyclic) bond motifs is 3. The standard InChI is InChI=1S/C32H45N3O3/c1-5-31(36)35-20-18-27-13-10-14-28(34(27)19-17-24(2)3)23-33(22-26-12-6-8-15-29(26)35)32(37)21-25-11-7-9-16-30(25)38-4/h6-9,11-12,15-16,24,27-28H,5,10,13-14,17-23H2,1-4H3. The molecule has 2 aromatic carbocycles. The number of carbonyl (C=O) groups is 2. The zero-order valence-electron chi connectivity index (χ0n) is 23.7. The fourth-order valence-corrected chi connectivity index (χ4v) is 6.09. The van der Waals surface area contributed by atoms with Crippen molar-refractivity contribution >= 4 is 17.5 Å². The number of ether oxygens (including phenoxy) is 1. The van der Waals surface area contributed by atoms with Crippen LogP contribution in [-0.2, 0) is 22.6 Å². The molecule has 0 aromatic heterocycles. The second-order valence-corrected chi connectivity index (χ2v) is 11.2. The average molecular weight is 520 g/mol. The summed E-state index contributed by atoms with van der Waals surface area (Å²) in [5, 5.41) is 0. The van der Waals surface area contributed by atoms with Gasteiger partial charge < -0.3 is 14.5 Å². The van der Waals surface area contributed by atoms with Gasteiger partial charge in [-0.3, -0.25) is 14.5 Å².